The Morgan fingerprint density at radius 3 is 2.35 bits per heavy atom. The van der Waals surface area contributed by atoms with Gasteiger partial charge in [0.25, 0.3) is 0 Å². The van der Waals surface area contributed by atoms with E-state index in [0.717, 1.165) is 18.2 Å². The topological polar surface area (TPSA) is 190 Å². The summed E-state index contributed by atoms with van der Waals surface area (Å²) in [4.78, 5) is 12.6. The average Bonchev–Trinajstić information content (AvgIpc) is 2.73. The molecule has 4 rings (SSSR count). The molecule has 4 atom stereocenters. The molecule has 0 bridgehead atoms. The van der Waals surface area contributed by atoms with Crippen LogP contribution in [0.2, 0.25) is 0 Å². The van der Waals surface area contributed by atoms with Gasteiger partial charge in [0.2, 0.25) is 17.5 Å². The summed E-state index contributed by atoms with van der Waals surface area (Å²) in [5.41, 5.74) is -1.09. The van der Waals surface area contributed by atoms with Gasteiger partial charge in [-0.1, -0.05) is 0 Å². The highest BCUT2D eigenvalue weighted by molar-refractivity contribution is 5.88. The lowest BCUT2D eigenvalue weighted by Crippen LogP contribution is -2.54. The highest BCUT2D eigenvalue weighted by Crippen LogP contribution is 2.38. The minimum Gasteiger partial charge on any atom is -0.507 e. The normalized spacial score (nSPS) is 23.7. The van der Waals surface area contributed by atoms with Crippen LogP contribution >= 0.6 is 0 Å². The largest absolute Gasteiger partial charge is 0.507 e. The van der Waals surface area contributed by atoms with Crippen LogP contribution in [0, 0.1) is 0 Å². The highest BCUT2D eigenvalue weighted by Gasteiger charge is 2.39. The molecule has 0 aliphatic carbocycles. The molecular weight excluding hydrogens is 416 g/mol. The zero-order valence-corrected chi connectivity index (χ0v) is 15.7. The number of fused-ring (bicyclic) bond motifs is 1. The zero-order valence-electron chi connectivity index (χ0n) is 15.7. The molecule has 1 aliphatic heterocycles. The highest BCUT2D eigenvalue weighted by atomic mass is 16.7. The van der Waals surface area contributed by atoms with Gasteiger partial charge in [0.15, 0.2) is 17.3 Å². The SMILES string of the molecule is O=c1c(O)c(-c2ccc(O)c(O)c2)oc2cc(O[C@@H]3OC[C@@H](O)[C@H](O)[C@H]3O)cc(O)c12. The quantitative estimate of drug-likeness (QED) is 0.277. The minimum atomic E-state index is -1.59. The first kappa shape index (κ1) is 20.8. The van der Waals surface area contributed by atoms with Gasteiger partial charge in [-0.3, -0.25) is 4.79 Å². The first-order valence-electron chi connectivity index (χ1n) is 9.05. The Balaban J connectivity index is 1.78. The Bertz CT molecular complexity index is 1200. The van der Waals surface area contributed by atoms with E-state index in [0.29, 0.717) is 0 Å². The summed E-state index contributed by atoms with van der Waals surface area (Å²) in [7, 11) is 0. The van der Waals surface area contributed by atoms with Crippen molar-refractivity contribution in [2.24, 2.45) is 0 Å². The van der Waals surface area contributed by atoms with Crippen molar-refractivity contribution in [1.82, 2.24) is 0 Å². The van der Waals surface area contributed by atoms with Gasteiger partial charge in [0, 0.05) is 17.7 Å². The molecule has 1 fully saturated rings. The van der Waals surface area contributed by atoms with Gasteiger partial charge in [0.05, 0.1) is 6.61 Å². The summed E-state index contributed by atoms with van der Waals surface area (Å²) in [6.07, 6.45) is -5.79. The molecule has 0 amide bonds. The molecule has 11 heteroatoms. The van der Waals surface area contributed by atoms with Crippen LogP contribution in [-0.4, -0.2) is 67.0 Å². The molecule has 1 aliphatic rings. The first-order chi connectivity index (χ1) is 14.7. The van der Waals surface area contributed by atoms with Crippen LogP contribution < -0.4 is 10.2 Å². The number of hydrogen-bond donors (Lipinski definition) is 7. The Hall–Kier alpha value is -3.51. The van der Waals surface area contributed by atoms with Crippen molar-refractivity contribution in [3.63, 3.8) is 0 Å². The van der Waals surface area contributed by atoms with Gasteiger partial charge >= 0.3 is 0 Å². The van der Waals surface area contributed by atoms with Gasteiger partial charge in [-0.15, -0.1) is 0 Å². The van der Waals surface area contributed by atoms with Crippen molar-refractivity contribution in [3.8, 4) is 40.1 Å². The maximum atomic E-state index is 12.6. The molecule has 2 heterocycles. The maximum Gasteiger partial charge on any atom is 0.238 e. The molecular formula is C20H18O11. The third-order valence-electron chi connectivity index (χ3n) is 4.87. The second-order valence-corrected chi connectivity index (χ2v) is 7.00. The van der Waals surface area contributed by atoms with Crippen molar-refractivity contribution in [1.29, 1.82) is 0 Å². The molecule has 164 valence electrons. The summed E-state index contributed by atoms with van der Waals surface area (Å²) in [6.45, 7) is -0.306. The molecule has 0 radical (unpaired) electrons. The molecule has 7 N–H and O–H groups in total. The van der Waals surface area contributed by atoms with Gasteiger partial charge in [0.1, 0.15) is 40.8 Å². The van der Waals surface area contributed by atoms with Crippen LogP contribution in [0.1, 0.15) is 0 Å². The van der Waals surface area contributed by atoms with Crippen LogP contribution in [0.25, 0.3) is 22.3 Å². The van der Waals surface area contributed by atoms with Crippen LogP contribution in [0.3, 0.4) is 0 Å². The number of phenols is 3. The molecule has 31 heavy (non-hydrogen) atoms. The van der Waals surface area contributed by atoms with Crippen molar-refractivity contribution in [2.75, 3.05) is 6.61 Å². The molecule has 0 spiro atoms. The predicted molar refractivity (Wildman–Crippen MR) is 103 cm³/mol. The van der Waals surface area contributed by atoms with Crippen LogP contribution in [0.15, 0.2) is 39.5 Å². The molecule has 11 nitrogen and oxygen atoms in total. The van der Waals surface area contributed by atoms with Crippen LogP contribution in [-0.2, 0) is 4.74 Å². The van der Waals surface area contributed by atoms with E-state index in [1.54, 1.807) is 0 Å². The summed E-state index contributed by atoms with van der Waals surface area (Å²) in [5, 5.41) is 68.6. The van der Waals surface area contributed by atoms with E-state index in [9.17, 15) is 40.5 Å². The Morgan fingerprint density at radius 2 is 1.65 bits per heavy atom. The maximum absolute atomic E-state index is 12.6. The van der Waals surface area contributed by atoms with Gasteiger partial charge < -0.3 is 49.6 Å². The summed E-state index contributed by atoms with van der Waals surface area (Å²) in [5.74, 6) is -2.79. The van der Waals surface area contributed by atoms with E-state index in [-0.39, 0.29) is 34.6 Å². The van der Waals surface area contributed by atoms with E-state index in [4.69, 9.17) is 13.9 Å². The lowest BCUT2D eigenvalue weighted by Gasteiger charge is -2.34. The lowest BCUT2D eigenvalue weighted by atomic mass is 10.1. The zero-order chi connectivity index (χ0) is 22.4. The van der Waals surface area contributed by atoms with E-state index in [1.807, 2.05) is 0 Å². The Morgan fingerprint density at radius 1 is 0.903 bits per heavy atom. The smallest absolute Gasteiger partial charge is 0.238 e. The number of rotatable bonds is 3. The second kappa shape index (κ2) is 7.63. The number of phenolic OH excluding ortho intramolecular Hbond substituents is 3. The number of benzene rings is 2. The molecule has 0 unspecified atom stereocenters. The first-order valence-corrected chi connectivity index (χ1v) is 9.05. The molecule has 1 aromatic heterocycles. The van der Waals surface area contributed by atoms with Gasteiger partial charge in [-0.05, 0) is 18.2 Å². The molecule has 2 aromatic carbocycles. The molecule has 3 aromatic rings. The average molecular weight is 434 g/mol. The number of aromatic hydroxyl groups is 4. The minimum absolute atomic E-state index is 0.0701. The van der Waals surface area contributed by atoms with Crippen LogP contribution in [0.5, 0.6) is 28.7 Å². The summed E-state index contributed by atoms with van der Waals surface area (Å²) in [6, 6.07) is 5.70. The van der Waals surface area contributed by atoms with Crippen molar-refractivity contribution < 1.29 is 49.6 Å². The predicted octanol–water partition coefficient (Wildman–Crippen LogP) is 0.100. The monoisotopic (exact) mass is 434 g/mol. The fourth-order valence-electron chi connectivity index (χ4n) is 3.21. The van der Waals surface area contributed by atoms with Gasteiger partial charge in [-0.2, -0.15) is 0 Å². The molecule has 0 saturated carbocycles. The Kier molecular flexibility index (Phi) is 5.11. The fourth-order valence-corrected chi connectivity index (χ4v) is 3.21. The van der Waals surface area contributed by atoms with E-state index in [2.05, 4.69) is 0 Å². The second-order valence-electron chi connectivity index (χ2n) is 7.00. The van der Waals surface area contributed by atoms with E-state index < -0.39 is 53.0 Å². The number of ether oxygens (including phenoxy) is 2. The lowest BCUT2D eigenvalue weighted by molar-refractivity contribution is -0.242. The van der Waals surface area contributed by atoms with Crippen LogP contribution in [0.4, 0.5) is 0 Å². The summed E-state index contributed by atoms with van der Waals surface area (Å²) >= 11 is 0. The van der Waals surface area contributed by atoms with Gasteiger partial charge in [-0.25, -0.2) is 0 Å². The number of aliphatic hydroxyl groups is 3. The third-order valence-corrected chi connectivity index (χ3v) is 4.87. The van der Waals surface area contributed by atoms with Crippen molar-refractivity contribution >= 4 is 11.0 Å². The fraction of sp³-hybridized carbons (Fsp3) is 0.250. The Labute approximate surface area is 173 Å². The van der Waals surface area contributed by atoms with E-state index in [1.165, 1.54) is 12.1 Å². The van der Waals surface area contributed by atoms with Crippen molar-refractivity contribution in [3.05, 3.63) is 40.6 Å². The third kappa shape index (κ3) is 3.59. The summed E-state index contributed by atoms with van der Waals surface area (Å²) < 4.78 is 16.1. The number of aliphatic hydroxyl groups excluding tert-OH is 3. The van der Waals surface area contributed by atoms with Crippen molar-refractivity contribution in [2.45, 2.75) is 24.6 Å². The number of hydrogen-bond acceptors (Lipinski definition) is 11. The standard InChI is InChI=1S/C20H18O11/c21-9-2-1-7(3-10(9)22)19-17(27)16(26)14-11(23)4-8(5-13(14)31-19)30-20-18(28)15(25)12(24)6-29-20/h1-5,12,15,18,20-25,27-28H,6H2/t12-,15+,18-,20+/m1/s1. The molecule has 1 saturated heterocycles. The van der Waals surface area contributed by atoms with E-state index >= 15 is 0 Å².